The van der Waals surface area contributed by atoms with Crippen LogP contribution in [0.4, 0.5) is 0 Å². The van der Waals surface area contributed by atoms with Gasteiger partial charge in [-0.15, -0.1) is 0 Å². The molecule has 0 aromatic rings. The van der Waals surface area contributed by atoms with Crippen LogP contribution in [0.1, 0.15) is 94.9 Å². The highest BCUT2D eigenvalue weighted by molar-refractivity contribution is 5.32. The summed E-state index contributed by atoms with van der Waals surface area (Å²) >= 11 is 0. The van der Waals surface area contributed by atoms with Gasteiger partial charge in [0.25, 0.3) is 0 Å². The molecule has 1 heterocycles. The molecule has 0 N–H and O–H groups in total. The number of allylic oxidation sites excluding steroid dienone is 24. The first-order chi connectivity index (χ1) is 19.4. The third-order valence-corrected chi connectivity index (χ3v) is 6.80. The second-order valence-corrected chi connectivity index (χ2v) is 12.1. The number of rotatable bonds is 16. The summed E-state index contributed by atoms with van der Waals surface area (Å²) in [5, 5.41) is 0. The normalized spacial score (nSPS) is 19.6. The fourth-order valence-corrected chi connectivity index (χ4v) is 3.92. The average Bonchev–Trinajstić information content (AvgIpc) is 3.51. The summed E-state index contributed by atoms with van der Waals surface area (Å²) in [5.74, 6) is 0. The summed E-state index contributed by atoms with van der Waals surface area (Å²) in [6.07, 6.45) is 41.4. The maximum atomic E-state index is 5.67. The zero-order chi connectivity index (χ0) is 30.7. The van der Waals surface area contributed by atoms with Crippen LogP contribution in [-0.4, -0.2) is 11.7 Å². The van der Waals surface area contributed by atoms with Crippen molar-refractivity contribution >= 4 is 0 Å². The van der Waals surface area contributed by atoms with Gasteiger partial charge in [0.15, 0.2) is 0 Å². The predicted molar refractivity (Wildman–Crippen MR) is 185 cm³/mol. The van der Waals surface area contributed by atoms with Crippen LogP contribution in [0, 0.1) is 0 Å². The molecule has 1 atom stereocenters. The van der Waals surface area contributed by atoms with E-state index >= 15 is 0 Å². The molecular formula is C40H56O. The van der Waals surface area contributed by atoms with Gasteiger partial charge in [-0.3, -0.25) is 0 Å². The van der Waals surface area contributed by atoms with E-state index in [1.54, 1.807) is 0 Å². The van der Waals surface area contributed by atoms with E-state index in [4.69, 9.17) is 4.74 Å². The zero-order valence-corrected chi connectivity index (χ0v) is 27.6. The summed E-state index contributed by atoms with van der Waals surface area (Å²) in [6.45, 7) is 21.5. The van der Waals surface area contributed by atoms with Crippen molar-refractivity contribution in [2.75, 3.05) is 0 Å². The van der Waals surface area contributed by atoms with Gasteiger partial charge in [0.2, 0.25) is 0 Å². The fourth-order valence-electron chi connectivity index (χ4n) is 3.92. The van der Waals surface area contributed by atoms with Crippen LogP contribution in [0.25, 0.3) is 0 Å². The van der Waals surface area contributed by atoms with Gasteiger partial charge in [0, 0.05) is 0 Å². The lowest BCUT2D eigenvalue weighted by molar-refractivity contribution is 0.320. The molecule has 0 aliphatic carbocycles. The van der Waals surface area contributed by atoms with E-state index in [1.165, 1.54) is 39.0 Å². The highest BCUT2D eigenvalue weighted by Gasteiger charge is 2.46. The van der Waals surface area contributed by atoms with Gasteiger partial charge < -0.3 is 4.74 Å². The molecule has 0 aromatic heterocycles. The summed E-state index contributed by atoms with van der Waals surface area (Å²) in [7, 11) is 0. The molecule has 0 spiro atoms. The van der Waals surface area contributed by atoms with Crippen LogP contribution in [0.15, 0.2) is 142 Å². The van der Waals surface area contributed by atoms with Crippen molar-refractivity contribution in [2.24, 2.45) is 0 Å². The maximum absolute atomic E-state index is 5.67. The van der Waals surface area contributed by atoms with Gasteiger partial charge in [0.05, 0.1) is 11.7 Å². The van der Waals surface area contributed by atoms with E-state index in [9.17, 15) is 0 Å². The van der Waals surface area contributed by atoms with Crippen LogP contribution >= 0.6 is 0 Å². The average molecular weight is 553 g/mol. The standard InChI is InChI=1S/C40H56O/c1-32(2)18-13-21-35(5)24-16-27-36(6)25-14-22-33(3)19-11-12-20-34(4)23-15-26-37(7)28-17-29-38(8)30-31-39-40(9,10)41-39/h11-12,14-20,22-29,39H,13,21,30-31H2,1-10H3/b12-11+,22-14+,23-15+,27-16+,28-17+,33-19-,34-20-,35-24-,36-25-,37-26-,38-29-/t39-/m0/s1. The third-order valence-electron chi connectivity index (χ3n) is 6.80. The van der Waals surface area contributed by atoms with Crippen molar-refractivity contribution < 1.29 is 4.74 Å². The largest absolute Gasteiger partial charge is 0.367 e. The Morgan fingerprint density at radius 1 is 0.537 bits per heavy atom. The van der Waals surface area contributed by atoms with E-state index in [2.05, 4.69) is 173 Å². The van der Waals surface area contributed by atoms with Crippen molar-refractivity contribution in [3.05, 3.63) is 142 Å². The molecule has 0 amide bonds. The molecule has 0 unspecified atom stereocenters. The van der Waals surface area contributed by atoms with E-state index in [1.807, 2.05) is 0 Å². The van der Waals surface area contributed by atoms with Gasteiger partial charge in [-0.25, -0.2) is 0 Å². The molecule has 1 rings (SSSR count). The Kier molecular flexibility index (Phi) is 17.4. The summed E-state index contributed by atoms with van der Waals surface area (Å²) < 4.78 is 5.67. The first-order valence-corrected chi connectivity index (χ1v) is 15.1. The molecule has 1 aliphatic rings. The molecular weight excluding hydrogens is 496 g/mol. The van der Waals surface area contributed by atoms with Crippen molar-refractivity contribution in [1.29, 1.82) is 0 Å². The minimum absolute atomic E-state index is 0.0919. The van der Waals surface area contributed by atoms with Gasteiger partial charge >= 0.3 is 0 Å². The van der Waals surface area contributed by atoms with E-state index < -0.39 is 0 Å². The first kappa shape index (κ1) is 35.9. The minimum atomic E-state index is 0.0919. The van der Waals surface area contributed by atoms with Gasteiger partial charge in [-0.2, -0.15) is 0 Å². The molecule has 1 aliphatic heterocycles. The van der Waals surface area contributed by atoms with Crippen molar-refractivity contribution in [1.82, 2.24) is 0 Å². The van der Waals surface area contributed by atoms with Crippen LogP contribution in [-0.2, 0) is 4.74 Å². The lowest BCUT2D eigenvalue weighted by Gasteiger charge is -1.98. The topological polar surface area (TPSA) is 12.5 Å². The van der Waals surface area contributed by atoms with Crippen molar-refractivity contribution in [3.8, 4) is 0 Å². The van der Waals surface area contributed by atoms with E-state index in [0.717, 1.165) is 25.7 Å². The van der Waals surface area contributed by atoms with E-state index in [-0.39, 0.29) is 5.60 Å². The molecule has 1 heteroatoms. The van der Waals surface area contributed by atoms with Gasteiger partial charge in [-0.05, 0) is 94.9 Å². The Morgan fingerprint density at radius 2 is 0.902 bits per heavy atom. The molecule has 0 bridgehead atoms. The number of epoxide rings is 1. The second-order valence-electron chi connectivity index (χ2n) is 12.1. The Labute approximate surface area is 253 Å². The Bertz CT molecular complexity index is 1190. The highest BCUT2D eigenvalue weighted by Crippen LogP contribution is 2.38. The first-order valence-electron chi connectivity index (χ1n) is 15.1. The Hall–Kier alpha value is -3.16. The highest BCUT2D eigenvalue weighted by atomic mass is 16.6. The molecule has 0 radical (unpaired) electrons. The zero-order valence-electron chi connectivity index (χ0n) is 27.6. The Balaban J connectivity index is 2.45. The molecule has 41 heavy (non-hydrogen) atoms. The maximum Gasteiger partial charge on any atom is 0.0892 e. The quantitative estimate of drug-likeness (QED) is 0.105. The number of hydrogen-bond acceptors (Lipinski definition) is 1. The predicted octanol–water partition coefficient (Wildman–Crippen LogP) is 12.1. The van der Waals surface area contributed by atoms with Crippen LogP contribution < -0.4 is 0 Å². The molecule has 1 saturated heterocycles. The molecule has 0 saturated carbocycles. The SMILES string of the molecule is CC(C)=CCC\C(C)=C/C=C/C(C)=C\C=C\C(C)=C/C=C/C=C(C)\C=C\C=C(C)/C=C/C=C(/C)CC[C@@H]1OC1(C)C. The lowest BCUT2D eigenvalue weighted by Crippen LogP contribution is -2.02. The van der Waals surface area contributed by atoms with Crippen molar-refractivity contribution in [3.63, 3.8) is 0 Å². The van der Waals surface area contributed by atoms with Crippen LogP contribution in [0.2, 0.25) is 0 Å². The van der Waals surface area contributed by atoms with Crippen LogP contribution in [0.5, 0.6) is 0 Å². The molecule has 222 valence electrons. The molecule has 1 fully saturated rings. The number of hydrogen-bond donors (Lipinski definition) is 0. The van der Waals surface area contributed by atoms with Crippen molar-refractivity contribution in [2.45, 2.75) is 107 Å². The van der Waals surface area contributed by atoms with E-state index in [0.29, 0.717) is 6.10 Å². The molecule has 0 aromatic carbocycles. The lowest BCUT2D eigenvalue weighted by atomic mass is 10.0. The summed E-state index contributed by atoms with van der Waals surface area (Å²) in [5.41, 5.74) is 9.17. The fraction of sp³-hybridized carbons (Fsp3) is 0.400. The van der Waals surface area contributed by atoms with Gasteiger partial charge in [-0.1, -0.05) is 142 Å². The van der Waals surface area contributed by atoms with Crippen LogP contribution in [0.3, 0.4) is 0 Å². The Morgan fingerprint density at radius 3 is 1.29 bits per heavy atom. The summed E-state index contributed by atoms with van der Waals surface area (Å²) in [6, 6.07) is 0. The number of ether oxygens (including phenoxy) is 1. The van der Waals surface area contributed by atoms with Gasteiger partial charge in [0.1, 0.15) is 0 Å². The smallest absolute Gasteiger partial charge is 0.0892 e. The molecule has 1 nitrogen and oxygen atoms in total. The third kappa shape index (κ3) is 19.5. The minimum Gasteiger partial charge on any atom is -0.367 e. The second kappa shape index (κ2) is 19.8. The summed E-state index contributed by atoms with van der Waals surface area (Å²) in [4.78, 5) is 0. The monoisotopic (exact) mass is 552 g/mol.